The van der Waals surface area contributed by atoms with Gasteiger partial charge in [-0.1, -0.05) is 13.3 Å². The van der Waals surface area contributed by atoms with E-state index < -0.39 is 5.97 Å². The molecule has 0 aromatic heterocycles. The summed E-state index contributed by atoms with van der Waals surface area (Å²) in [5, 5.41) is 10.5. The van der Waals surface area contributed by atoms with Gasteiger partial charge in [0.1, 0.15) is 0 Å². The maximum absolute atomic E-state index is 11.8. The molecule has 0 heterocycles. The van der Waals surface area contributed by atoms with Gasteiger partial charge in [0, 0.05) is 0 Å². The van der Waals surface area contributed by atoms with Crippen molar-refractivity contribution in [1.29, 1.82) is 5.26 Å². The molecule has 0 radical (unpaired) electrons. The highest BCUT2D eigenvalue weighted by molar-refractivity contribution is 8.02. The third kappa shape index (κ3) is 6.13. The van der Waals surface area contributed by atoms with Crippen molar-refractivity contribution in [2.24, 2.45) is 0 Å². The molecule has 5 heteroatoms. The minimum Gasteiger partial charge on any atom is -0.462 e. The van der Waals surface area contributed by atoms with E-state index in [4.69, 9.17) is 16.6 Å². The maximum Gasteiger partial charge on any atom is 0.337 e. The summed E-state index contributed by atoms with van der Waals surface area (Å²) in [7, 11) is 0. The van der Waals surface area contributed by atoms with Gasteiger partial charge in [-0.2, -0.15) is 0 Å². The SMILES string of the molecule is [C-]#[N+]C(C#N)=C(C)C(=CSCCCC)C(=O)OCC. The van der Waals surface area contributed by atoms with Gasteiger partial charge < -0.3 is 4.74 Å². The van der Waals surface area contributed by atoms with E-state index in [1.54, 1.807) is 25.3 Å². The number of nitriles is 1. The molecule has 0 unspecified atom stereocenters. The van der Waals surface area contributed by atoms with Gasteiger partial charge in [0.2, 0.25) is 0 Å². The number of ether oxygens (including phenoxy) is 1. The van der Waals surface area contributed by atoms with Crippen LogP contribution in [-0.4, -0.2) is 18.3 Å². The Morgan fingerprint density at radius 3 is 2.68 bits per heavy atom. The molecule has 0 amide bonds. The van der Waals surface area contributed by atoms with Crippen LogP contribution in [0, 0.1) is 17.9 Å². The first-order valence-electron chi connectivity index (χ1n) is 6.10. The van der Waals surface area contributed by atoms with Crippen molar-refractivity contribution in [3.05, 3.63) is 33.7 Å². The topological polar surface area (TPSA) is 54.5 Å². The Balaban J connectivity index is 5.19. The summed E-state index contributed by atoms with van der Waals surface area (Å²) in [5.74, 6) is 0.410. The molecule has 19 heavy (non-hydrogen) atoms. The lowest BCUT2D eigenvalue weighted by Gasteiger charge is -2.07. The summed E-state index contributed by atoms with van der Waals surface area (Å²) in [5.41, 5.74) is 0.603. The van der Waals surface area contributed by atoms with Gasteiger partial charge in [-0.25, -0.2) is 14.9 Å². The van der Waals surface area contributed by atoms with Gasteiger partial charge in [0.25, 0.3) is 5.70 Å². The fourth-order valence-corrected chi connectivity index (χ4v) is 2.20. The first-order chi connectivity index (χ1) is 9.12. The van der Waals surface area contributed by atoms with Crippen molar-refractivity contribution in [3.8, 4) is 6.07 Å². The molecule has 0 atom stereocenters. The lowest BCUT2D eigenvalue weighted by atomic mass is 10.1. The first kappa shape index (κ1) is 17.3. The third-order valence-corrected chi connectivity index (χ3v) is 3.22. The Morgan fingerprint density at radius 1 is 1.53 bits per heavy atom. The summed E-state index contributed by atoms with van der Waals surface area (Å²) in [6.45, 7) is 12.6. The Kier molecular flexibility index (Phi) is 9.30. The fourth-order valence-electron chi connectivity index (χ4n) is 1.19. The number of rotatable bonds is 7. The highest BCUT2D eigenvalue weighted by Gasteiger charge is 2.16. The summed E-state index contributed by atoms with van der Waals surface area (Å²) in [6, 6.07) is 1.80. The molecule has 0 N–H and O–H groups in total. The van der Waals surface area contributed by atoms with E-state index in [-0.39, 0.29) is 12.3 Å². The molecular formula is C14H18N2O2S. The van der Waals surface area contributed by atoms with Crippen LogP contribution >= 0.6 is 11.8 Å². The lowest BCUT2D eigenvalue weighted by Crippen LogP contribution is -2.09. The number of nitrogens with zero attached hydrogens (tertiary/aromatic N) is 2. The van der Waals surface area contributed by atoms with Crippen molar-refractivity contribution in [1.82, 2.24) is 0 Å². The second kappa shape index (κ2) is 10.2. The van der Waals surface area contributed by atoms with Crippen LogP contribution in [0.5, 0.6) is 0 Å². The van der Waals surface area contributed by atoms with Crippen LogP contribution < -0.4 is 0 Å². The molecule has 0 saturated carbocycles. The molecule has 0 aromatic rings. The standard InChI is InChI=1S/C14H18N2O2S/c1-5-7-8-19-10-12(14(17)18-6-2)11(3)13(9-15)16-4/h10H,5-8H2,1-3H3. The van der Waals surface area contributed by atoms with Crippen LogP contribution in [0.4, 0.5) is 0 Å². The predicted molar refractivity (Wildman–Crippen MR) is 77.0 cm³/mol. The number of esters is 1. The molecule has 0 aliphatic rings. The zero-order chi connectivity index (χ0) is 14.7. The van der Waals surface area contributed by atoms with Crippen molar-refractivity contribution in [3.63, 3.8) is 0 Å². The Morgan fingerprint density at radius 2 is 2.21 bits per heavy atom. The third-order valence-electron chi connectivity index (χ3n) is 2.29. The second-order valence-electron chi connectivity index (χ2n) is 3.67. The monoisotopic (exact) mass is 278 g/mol. The largest absolute Gasteiger partial charge is 0.462 e. The summed E-state index contributed by atoms with van der Waals surface area (Å²) >= 11 is 1.50. The number of carbonyl (C=O) groups is 1. The fraction of sp³-hybridized carbons (Fsp3) is 0.500. The number of allylic oxidation sites excluding steroid dienone is 1. The van der Waals surface area contributed by atoms with Gasteiger partial charge in [-0.05, 0) is 37.0 Å². The van der Waals surface area contributed by atoms with Crippen LogP contribution in [0.1, 0.15) is 33.6 Å². The molecule has 0 bridgehead atoms. The van der Waals surface area contributed by atoms with Crippen LogP contribution in [0.2, 0.25) is 0 Å². The first-order valence-corrected chi connectivity index (χ1v) is 7.14. The summed E-state index contributed by atoms with van der Waals surface area (Å²) < 4.78 is 4.95. The van der Waals surface area contributed by atoms with E-state index in [2.05, 4.69) is 11.8 Å². The molecule has 0 aromatic carbocycles. The Labute approximate surface area is 118 Å². The molecule has 0 aliphatic carbocycles. The van der Waals surface area contributed by atoms with E-state index >= 15 is 0 Å². The minimum absolute atomic E-state index is 0.0737. The molecule has 0 rings (SSSR count). The number of hydrogen-bond acceptors (Lipinski definition) is 4. The van der Waals surface area contributed by atoms with Gasteiger partial charge in [0.15, 0.2) is 0 Å². The van der Waals surface area contributed by atoms with E-state index in [1.165, 1.54) is 11.8 Å². The highest BCUT2D eigenvalue weighted by Crippen LogP contribution is 2.21. The maximum atomic E-state index is 11.8. The second-order valence-corrected chi connectivity index (χ2v) is 4.65. The predicted octanol–water partition coefficient (Wildman–Crippen LogP) is 3.68. The zero-order valence-corrected chi connectivity index (χ0v) is 12.3. The van der Waals surface area contributed by atoms with Crippen LogP contribution in [0.15, 0.2) is 22.3 Å². The molecule has 102 valence electrons. The Bertz CT molecular complexity index is 437. The van der Waals surface area contributed by atoms with Gasteiger partial charge in [-0.3, -0.25) is 0 Å². The van der Waals surface area contributed by atoms with E-state index in [0.29, 0.717) is 11.1 Å². The van der Waals surface area contributed by atoms with Gasteiger partial charge in [-0.15, -0.1) is 11.8 Å². The summed E-state index contributed by atoms with van der Waals surface area (Å²) in [6.07, 6.45) is 2.13. The van der Waals surface area contributed by atoms with Crippen LogP contribution in [0.3, 0.4) is 0 Å². The number of thioether (sulfide) groups is 1. The lowest BCUT2D eigenvalue weighted by molar-refractivity contribution is -0.138. The molecule has 0 fully saturated rings. The average molecular weight is 278 g/mol. The van der Waals surface area contributed by atoms with E-state index in [0.717, 1.165) is 18.6 Å². The van der Waals surface area contributed by atoms with Gasteiger partial charge in [0.05, 0.1) is 24.8 Å². The zero-order valence-electron chi connectivity index (χ0n) is 11.5. The summed E-state index contributed by atoms with van der Waals surface area (Å²) in [4.78, 5) is 15.0. The van der Waals surface area contributed by atoms with Crippen molar-refractivity contribution >= 4 is 17.7 Å². The van der Waals surface area contributed by atoms with Crippen molar-refractivity contribution in [2.45, 2.75) is 33.6 Å². The number of hydrogen-bond donors (Lipinski definition) is 0. The van der Waals surface area contributed by atoms with E-state index in [9.17, 15) is 4.79 Å². The minimum atomic E-state index is -0.486. The van der Waals surface area contributed by atoms with Crippen LogP contribution in [0.25, 0.3) is 4.85 Å². The molecule has 0 aliphatic heterocycles. The van der Waals surface area contributed by atoms with Crippen molar-refractivity contribution < 1.29 is 9.53 Å². The molecular weight excluding hydrogens is 260 g/mol. The molecule has 0 saturated heterocycles. The number of unbranched alkanes of at least 4 members (excludes halogenated alkanes) is 1. The van der Waals surface area contributed by atoms with Crippen LogP contribution in [-0.2, 0) is 9.53 Å². The quantitative estimate of drug-likeness (QED) is 0.178. The smallest absolute Gasteiger partial charge is 0.337 e. The molecule has 0 spiro atoms. The number of carbonyl (C=O) groups excluding carboxylic acids is 1. The Hall–Kier alpha value is -1.72. The van der Waals surface area contributed by atoms with Crippen molar-refractivity contribution in [2.75, 3.05) is 12.4 Å². The normalized spacial score (nSPS) is 12.2. The highest BCUT2D eigenvalue weighted by atomic mass is 32.2. The average Bonchev–Trinajstić information content (AvgIpc) is 2.40. The molecule has 4 nitrogen and oxygen atoms in total. The van der Waals surface area contributed by atoms with Gasteiger partial charge >= 0.3 is 5.97 Å². The van der Waals surface area contributed by atoms with E-state index in [1.807, 2.05) is 0 Å².